The van der Waals surface area contributed by atoms with Gasteiger partial charge in [0.1, 0.15) is 0 Å². The van der Waals surface area contributed by atoms with Gasteiger partial charge in [-0.25, -0.2) is 4.67 Å². The first kappa shape index (κ1) is 10.2. The second-order valence-corrected chi connectivity index (χ2v) is 6.16. The topological polar surface area (TPSA) is 12.5 Å². The molecule has 0 aromatic rings. The fourth-order valence-corrected chi connectivity index (χ4v) is 4.55. The summed E-state index contributed by atoms with van der Waals surface area (Å²) in [6.07, 6.45) is 6.25. The van der Waals surface area contributed by atoms with Crippen molar-refractivity contribution in [3.8, 4) is 0 Å². The number of nitrogens with zero attached hydrogens (tertiary/aromatic N) is 1. The number of halogens is 1. The van der Waals surface area contributed by atoms with E-state index in [4.69, 9.17) is 15.8 Å². The van der Waals surface area contributed by atoms with Crippen LogP contribution in [0.2, 0.25) is 0 Å². The predicted octanol–water partition coefficient (Wildman–Crippen LogP) is 3.51. The van der Waals surface area contributed by atoms with Gasteiger partial charge < -0.3 is 4.52 Å². The molecule has 0 aromatic heterocycles. The van der Waals surface area contributed by atoms with Gasteiger partial charge in [0.15, 0.2) is 0 Å². The molecule has 1 spiro atoms. The number of hydrogen-bond donors (Lipinski definition) is 0. The average Bonchev–Trinajstić information content (AvgIpc) is 2.63. The highest BCUT2D eigenvalue weighted by Crippen LogP contribution is 2.59. The van der Waals surface area contributed by atoms with Crippen LogP contribution in [0.4, 0.5) is 0 Å². The molecule has 4 heteroatoms. The van der Waals surface area contributed by atoms with Crippen LogP contribution in [0.5, 0.6) is 0 Å². The average molecular weight is 222 g/mol. The third-order valence-corrected chi connectivity index (χ3v) is 5.13. The Morgan fingerprint density at radius 1 is 1.46 bits per heavy atom. The van der Waals surface area contributed by atoms with Crippen molar-refractivity contribution in [2.24, 2.45) is 0 Å². The van der Waals surface area contributed by atoms with Gasteiger partial charge in [0, 0.05) is 13.1 Å². The molecule has 0 aromatic carbocycles. The maximum Gasteiger partial charge on any atom is 0.207 e. The van der Waals surface area contributed by atoms with E-state index in [9.17, 15) is 0 Å². The summed E-state index contributed by atoms with van der Waals surface area (Å²) in [5, 5.41) is 0. The third kappa shape index (κ3) is 2.02. The summed E-state index contributed by atoms with van der Waals surface area (Å²) in [6, 6.07) is 0. The molecule has 13 heavy (non-hydrogen) atoms. The largest absolute Gasteiger partial charge is 0.323 e. The van der Waals surface area contributed by atoms with Crippen molar-refractivity contribution in [2.45, 2.75) is 44.6 Å². The summed E-state index contributed by atoms with van der Waals surface area (Å²) in [5.41, 5.74) is 0.155. The van der Waals surface area contributed by atoms with Gasteiger partial charge in [0.2, 0.25) is 7.65 Å². The number of rotatable bonds is 2. The zero-order chi connectivity index (χ0) is 9.31. The first-order valence-corrected chi connectivity index (χ1v) is 7.27. The van der Waals surface area contributed by atoms with Crippen LogP contribution in [0, 0.1) is 0 Å². The summed E-state index contributed by atoms with van der Waals surface area (Å²) in [5.74, 6) is 0. The molecule has 0 amide bonds. The first-order chi connectivity index (χ1) is 6.26. The lowest BCUT2D eigenvalue weighted by Crippen LogP contribution is -2.31. The fraction of sp³-hybridized carbons (Fsp3) is 1.00. The molecule has 2 fully saturated rings. The normalized spacial score (nSPS) is 33.2. The van der Waals surface area contributed by atoms with Crippen molar-refractivity contribution >= 4 is 18.9 Å². The number of hydrogen-bond acceptors (Lipinski definition) is 2. The van der Waals surface area contributed by atoms with E-state index in [1.54, 1.807) is 0 Å². The van der Waals surface area contributed by atoms with Crippen molar-refractivity contribution in [1.29, 1.82) is 0 Å². The predicted molar refractivity (Wildman–Crippen MR) is 56.9 cm³/mol. The van der Waals surface area contributed by atoms with Crippen molar-refractivity contribution in [2.75, 3.05) is 13.1 Å². The summed E-state index contributed by atoms with van der Waals surface area (Å²) in [7, 11) is -0.788. The van der Waals surface area contributed by atoms with Crippen LogP contribution in [-0.2, 0) is 4.52 Å². The van der Waals surface area contributed by atoms with Crippen molar-refractivity contribution in [3.05, 3.63) is 0 Å². The summed E-state index contributed by atoms with van der Waals surface area (Å²) in [6.45, 7) is 4.37. The molecule has 0 N–H and O–H groups in total. The highest BCUT2D eigenvalue weighted by Gasteiger charge is 2.46. The van der Waals surface area contributed by atoms with Gasteiger partial charge in [-0.1, -0.05) is 19.8 Å². The minimum absolute atomic E-state index is 0.155. The molecule has 2 rings (SSSR count). The molecule has 76 valence electrons. The SMILES string of the molecule is CCCN1CC2(CCCC2)OP1Cl. The summed E-state index contributed by atoms with van der Waals surface area (Å²) in [4.78, 5) is 0. The molecule has 0 bridgehead atoms. The van der Waals surface area contributed by atoms with E-state index in [0.29, 0.717) is 0 Å². The minimum atomic E-state index is -0.788. The quantitative estimate of drug-likeness (QED) is 0.662. The molecule has 1 unspecified atom stereocenters. The lowest BCUT2D eigenvalue weighted by molar-refractivity contribution is 0.118. The van der Waals surface area contributed by atoms with Crippen LogP contribution in [0.1, 0.15) is 39.0 Å². The smallest absolute Gasteiger partial charge is 0.207 e. The third-order valence-electron chi connectivity index (χ3n) is 2.96. The summed E-state index contributed by atoms with van der Waals surface area (Å²) < 4.78 is 8.25. The molecule has 1 atom stereocenters. The van der Waals surface area contributed by atoms with Crippen LogP contribution in [-0.4, -0.2) is 23.4 Å². The van der Waals surface area contributed by atoms with Crippen LogP contribution < -0.4 is 0 Å². The molecule has 1 heterocycles. The van der Waals surface area contributed by atoms with Gasteiger partial charge in [-0.3, -0.25) is 0 Å². The Balaban J connectivity index is 1.97. The Kier molecular flexibility index (Phi) is 3.14. The molecular weight excluding hydrogens is 205 g/mol. The minimum Gasteiger partial charge on any atom is -0.323 e. The molecule has 1 aliphatic carbocycles. The fourth-order valence-electron chi connectivity index (χ4n) is 2.32. The van der Waals surface area contributed by atoms with E-state index in [0.717, 1.165) is 13.1 Å². The second kappa shape index (κ2) is 4.02. The van der Waals surface area contributed by atoms with E-state index >= 15 is 0 Å². The zero-order valence-electron chi connectivity index (χ0n) is 8.13. The van der Waals surface area contributed by atoms with Gasteiger partial charge in [-0.15, -0.1) is 0 Å². The van der Waals surface area contributed by atoms with Crippen LogP contribution in [0.25, 0.3) is 0 Å². The van der Waals surface area contributed by atoms with Crippen molar-refractivity contribution < 1.29 is 4.52 Å². The van der Waals surface area contributed by atoms with Crippen LogP contribution in [0.15, 0.2) is 0 Å². The van der Waals surface area contributed by atoms with Gasteiger partial charge >= 0.3 is 0 Å². The monoisotopic (exact) mass is 221 g/mol. The van der Waals surface area contributed by atoms with E-state index in [1.807, 2.05) is 0 Å². The molecular formula is C9H17ClNOP. The van der Waals surface area contributed by atoms with Gasteiger partial charge in [0.05, 0.1) is 5.60 Å². The highest BCUT2D eigenvalue weighted by molar-refractivity contribution is 7.78. The highest BCUT2D eigenvalue weighted by atomic mass is 35.7. The lowest BCUT2D eigenvalue weighted by atomic mass is 10.0. The molecule has 1 aliphatic heterocycles. The molecule has 0 radical (unpaired) electrons. The molecule has 2 nitrogen and oxygen atoms in total. The molecule has 2 aliphatic rings. The lowest BCUT2D eigenvalue weighted by Gasteiger charge is -2.20. The van der Waals surface area contributed by atoms with Gasteiger partial charge in [-0.05, 0) is 30.5 Å². The van der Waals surface area contributed by atoms with Crippen LogP contribution in [0.3, 0.4) is 0 Å². The second-order valence-electron chi connectivity index (χ2n) is 4.10. The molecule has 1 saturated heterocycles. The Morgan fingerprint density at radius 3 is 2.77 bits per heavy atom. The van der Waals surface area contributed by atoms with E-state index in [1.165, 1.54) is 32.1 Å². The van der Waals surface area contributed by atoms with Gasteiger partial charge in [0.25, 0.3) is 0 Å². The maximum atomic E-state index is 6.20. The van der Waals surface area contributed by atoms with Crippen LogP contribution >= 0.6 is 18.9 Å². The maximum absolute atomic E-state index is 6.20. The Hall–Kier alpha value is 0.640. The van der Waals surface area contributed by atoms with E-state index in [2.05, 4.69) is 11.6 Å². The zero-order valence-corrected chi connectivity index (χ0v) is 9.78. The van der Waals surface area contributed by atoms with Crippen molar-refractivity contribution in [1.82, 2.24) is 4.67 Å². The Morgan fingerprint density at radius 2 is 2.15 bits per heavy atom. The van der Waals surface area contributed by atoms with E-state index in [-0.39, 0.29) is 5.60 Å². The summed E-state index contributed by atoms with van der Waals surface area (Å²) >= 11 is 6.20. The standard InChI is InChI=1S/C9H17ClNOP/c1-2-7-11-8-9(12-13(11)10)5-3-4-6-9/h2-8H2,1H3. The molecule has 1 saturated carbocycles. The van der Waals surface area contributed by atoms with Crippen molar-refractivity contribution in [3.63, 3.8) is 0 Å². The Bertz CT molecular complexity index is 184. The Labute approximate surface area is 86.3 Å². The van der Waals surface area contributed by atoms with Gasteiger partial charge in [-0.2, -0.15) is 0 Å². The van der Waals surface area contributed by atoms with E-state index < -0.39 is 7.65 Å². The first-order valence-electron chi connectivity index (χ1n) is 5.16.